The molecule has 0 atom stereocenters. The average Bonchev–Trinajstić information content (AvgIpc) is 3.35. The topological polar surface area (TPSA) is 54.4 Å². The summed E-state index contributed by atoms with van der Waals surface area (Å²) in [7, 11) is 2.14. The molecule has 3 aromatic rings. The summed E-state index contributed by atoms with van der Waals surface area (Å²) in [5.74, 6) is 2.23. The van der Waals surface area contributed by atoms with Gasteiger partial charge in [0.2, 0.25) is 0 Å². The number of aromatic nitrogens is 3. The largest absolute Gasteiger partial charge is 0.378 e. The number of aryl methyl sites for hydroxylation is 1. The summed E-state index contributed by atoms with van der Waals surface area (Å²) < 4.78 is 6.74. The normalized spacial score (nSPS) is 16.9. The van der Waals surface area contributed by atoms with Crippen LogP contribution in [0.4, 0.5) is 11.6 Å². The molecule has 0 bridgehead atoms. The molecular formula is C21H27N5OS. The SMILES string of the molecule is CCCCN(C)c1ncnc2c1sc1nc(N3CCOCC3)c3c(c12)CCC3. The first-order valence-corrected chi connectivity index (χ1v) is 11.2. The highest BCUT2D eigenvalue weighted by atomic mass is 32.1. The molecule has 1 saturated heterocycles. The summed E-state index contributed by atoms with van der Waals surface area (Å²) in [5, 5.41) is 1.28. The number of nitrogens with zero attached hydrogens (tertiary/aromatic N) is 5. The van der Waals surface area contributed by atoms with Gasteiger partial charge < -0.3 is 14.5 Å². The van der Waals surface area contributed by atoms with E-state index < -0.39 is 0 Å². The van der Waals surface area contributed by atoms with Crippen molar-refractivity contribution in [2.24, 2.45) is 0 Å². The highest BCUT2D eigenvalue weighted by molar-refractivity contribution is 7.26. The molecule has 6 nitrogen and oxygen atoms in total. The number of thiophene rings is 1. The second-order valence-electron chi connectivity index (χ2n) is 7.78. The first-order valence-electron chi connectivity index (χ1n) is 10.4. The molecule has 1 aliphatic carbocycles. The standard InChI is InChI=1S/C21H27N5OS/c1-3-4-8-25(2)20-18-17(22-13-23-20)16-14-6-5-7-15(14)19(24-21(16)28-18)26-9-11-27-12-10-26/h13H,3-12H2,1-2H3. The lowest BCUT2D eigenvalue weighted by Gasteiger charge is -2.29. The summed E-state index contributed by atoms with van der Waals surface area (Å²) in [4.78, 5) is 20.3. The van der Waals surface area contributed by atoms with E-state index in [0.717, 1.165) is 61.9 Å². The number of anilines is 2. The van der Waals surface area contributed by atoms with Crippen molar-refractivity contribution in [2.75, 3.05) is 49.7 Å². The van der Waals surface area contributed by atoms with E-state index in [9.17, 15) is 0 Å². The minimum Gasteiger partial charge on any atom is -0.378 e. The van der Waals surface area contributed by atoms with Gasteiger partial charge in [0.05, 0.1) is 23.4 Å². The number of morpholine rings is 1. The molecule has 3 aromatic heterocycles. The van der Waals surface area contributed by atoms with Gasteiger partial charge in [-0.15, -0.1) is 11.3 Å². The molecule has 1 fully saturated rings. The minimum atomic E-state index is 0.790. The van der Waals surface area contributed by atoms with Crippen molar-refractivity contribution in [3.05, 3.63) is 17.5 Å². The molecule has 1 aliphatic heterocycles. The molecule has 0 spiro atoms. The summed E-state index contributed by atoms with van der Waals surface area (Å²) in [6.45, 7) is 6.68. The van der Waals surface area contributed by atoms with Crippen LogP contribution in [0.2, 0.25) is 0 Å². The summed E-state index contributed by atoms with van der Waals surface area (Å²) >= 11 is 1.76. The summed E-state index contributed by atoms with van der Waals surface area (Å²) in [5.41, 5.74) is 4.00. The molecule has 28 heavy (non-hydrogen) atoms. The van der Waals surface area contributed by atoms with Crippen LogP contribution in [0, 0.1) is 0 Å². The minimum absolute atomic E-state index is 0.790. The van der Waals surface area contributed by atoms with Gasteiger partial charge in [0.15, 0.2) is 0 Å². The lowest BCUT2D eigenvalue weighted by Crippen LogP contribution is -2.37. The molecule has 0 saturated carbocycles. The molecule has 0 aromatic carbocycles. The van der Waals surface area contributed by atoms with E-state index >= 15 is 0 Å². The summed E-state index contributed by atoms with van der Waals surface area (Å²) in [6.07, 6.45) is 7.53. The maximum Gasteiger partial charge on any atom is 0.149 e. The third-order valence-electron chi connectivity index (χ3n) is 5.95. The van der Waals surface area contributed by atoms with Crippen LogP contribution in [0.3, 0.4) is 0 Å². The molecule has 7 heteroatoms. The van der Waals surface area contributed by atoms with Gasteiger partial charge >= 0.3 is 0 Å². The van der Waals surface area contributed by atoms with Crippen LogP contribution in [0.25, 0.3) is 20.4 Å². The second-order valence-corrected chi connectivity index (χ2v) is 8.78. The number of rotatable bonds is 5. The smallest absolute Gasteiger partial charge is 0.149 e. The number of hydrogen-bond donors (Lipinski definition) is 0. The molecular weight excluding hydrogens is 370 g/mol. The molecule has 0 unspecified atom stereocenters. The molecule has 0 radical (unpaired) electrons. The molecule has 0 amide bonds. The fourth-order valence-electron chi connectivity index (χ4n) is 4.48. The predicted octanol–water partition coefficient (Wildman–Crippen LogP) is 3.80. The fraction of sp³-hybridized carbons (Fsp3) is 0.571. The van der Waals surface area contributed by atoms with Crippen molar-refractivity contribution in [3.8, 4) is 0 Å². The monoisotopic (exact) mass is 397 g/mol. The zero-order valence-electron chi connectivity index (χ0n) is 16.7. The van der Waals surface area contributed by atoms with Gasteiger partial charge in [-0.3, -0.25) is 0 Å². The van der Waals surface area contributed by atoms with Gasteiger partial charge in [-0.2, -0.15) is 0 Å². The molecule has 0 N–H and O–H groups in total. The number of pyridine rings is 1. The van der Waals surface area contributed by atoms with E-state index in [1.54, 1.807) is 17.7 Å². The average molecular weight is 398 g/mol. The maximum absolute atomic E-state index is 5.56. The highest BCUT2D eigenvalue weighted by Crippen LogP contribution is 2.43. The van der Waals surface area contributed by atoms with Gasteiger partial charge in [-0.1, -0.05) is 13.3 Å². The van der Waals surface area contributed by atoms with Crippen LogP contribution in [0.15, 0.2) is 6.33 Å². The Morgan fingerprint density at radius 1 is 1.18 bits per heavy atom. The van der Waals surface area contributed by atoms with Crippen LogP contribution in [0.1, 0.15) is 37.3 Å². The molecule has 4 heterocycles. The van der Waals surface area contributed by atoms with Crippen LogP contribution in [0.5, 0.6) is 0 Å². The van der Waals surface area contributed by atoms with Crippen LogP contribution >= 0.6 is 11.3 Å². The Morgan fingerprint density at radius 3 is 2.82 bits per heavy atom. The van der Waals surface area contributed by atoms with Crippen molar-refractivity contribution in [1.29, 1.82) is 0 Å². The Balaban J connectivity index is 1.68. The van der Waals surface area contributed by atoms with Gasteiger partial charge in [-0.05, 0) is 36.8 Å². The van der Waals surface area contributed by atoms with Gasteiger partial charge in [0, 0.05) is 32.1 Å². The zero-order chi connectivity index (χ0) is 19.1. The second kappa shape index (κ2) is 7.44. The van der Waals surface area contributed by atoms with Crippen molar-refractivity contribution >= 4 is 43.4 Å². The van der Waals surface area contributed by atoms with E-state index in [1.165, 1.54) is 46.3 Å². The Kier molecular flexibility index (Phi) is 4.80. The number of unbranched alkanes of at least 4 members (excludes halogenated alkanes) is 1. The Bertz CT molecular complexity index is 1010. The van der Waals surface area contributed by atoms with E-state index in [0.29, 0.717) is 0 Å². The third-order valence-corrected chi connectivity index (χ3v) is 7.02. The van der Waals surface area contributed by atoms with Gasteiger partial charge in [0.1, 0.15) is 22.8 Å². The van der Waals surface area contributed by atoms with Crippen molar-refractivity contribution in [2.45, 2.75) is 39.0 Å². The maximum atomic E-state index is 5.56. The van der Waals surface area contributed by atoms with Gasteiger partial charge in [-0.25, -0.2) is 15.0 Å². The van der Waals surface area contributed by atoms with Crippen molar-refractivity contribution in [3.63, 3.8) is 0 Å². The van der Waals surface area contributed by atoms with E-state index in [1.807, 2.05) is 0 Å². The van der Waals surface area contributed by atoms with E-state index in [2.05, 4.69) is 28.8 Å². The third kappa shape index (κ3) is 2.92. The molecule has 2 aliphatic rings. The number of hydrogen-bond acceptors (Lipinski definition) is 7. The lowest BCUT2D eigenvalue weighted by atomic mass is 10.1. The quantitative estimate of drug-likeness (QED) is 0.653. The number of ether oxygens (including phenoxy) is 1. The van der Waals surface area contributed by atoms with Crippen LogP contribution in [-0.2, 0) is 17.6 Å². The molecule has 5 rings (SSSR count). The fourth-order valence-corrected chi connectivity index (χ4v) is 5.67. The Labute approximate surface area is 169 Å². The van der Waals surface area contributed by atoms with Crippen LogP contribution in [-0.4, -0.2) is 54.8 Å². The van der Waals surface area contributed by atoms with Gasteiger partial charge in [0.25, 0.3) is 0 Å². The van der Waals surface area contributed by atoms with E-state index in [-0.39, 0.29) is 0 Å². The summed E-state index contributed by atoms with van der Waals surface area (Å²) in [6, 6.07) is 0. The van der Waals surface area contributed by atoms with Crippen molar-refractivity contribution in [1.82, 2.24) is 15.0 Å². The first kappa shape index (κ1) is 18.1. The lowest BCUT2D eigenvalue weighted by molar-refractivity contribution is 0.122. The Morgan fingerprint density at radius 2 is 2.00 bits per heavy atom. The Hall–Kier alpha value is -1.99. The first-order chi connectivity index (χ1) is 13.8. The van der Waals surface area contributed by atoms with Crippen molar-refractivity contribution < 1.29 is 4.74 Å². The highest BCUT2D eigenvalue weighted by Gasteiger charge is 2.27. The van der Waals surface area contributed by atoms with E-state index in [4.69, 9.17) is 14.7 Å². The zero-order valence-corrected chi connectivity index (χ0v) is 17.5. The number of fused-ring (bicyclic) bond motifs is 5. The molecule has 148 valence electrons. The van der Waals surface area contributed by atoms with Crippen LogP contribution < -0.4 is 9.80 Å². The predicted molar refractivity (Wildman–Crippen MR) is 116 cm³/mol.